The molecular formula is C33H34O10. The summed E-state index contributed by atoms with van der Waals surface area (Å²) in [5.74, 6) is 1.91. The van der Waals surface area contributed by atoms with Gasteiger partial charge in [-0.2, -0.15) is 4.89 Å². The van der Waals surface area contributed by atoms with E-state index in [1.807, 2.05) is 6.92 Å². The van der Waals surface area contributed by atoms with E-state index in [2.05, 4.69) is 23.8 Å². The molecule has 0 heterocycles. The van der Waals surface area contributed by atoms with E-state index in [0.29, 0.717) is 67.0 Å². The van der Waals surface area contributed by atoms with Crippen molar-refractivity contribution >= 4 is 11.9 Å². The molecule has 0 aliphatic heterocycles. The summed E-state index contributed by atoms with van der Waals surface area (Å²) in [5.41, 5.74) is 3.58. The highest BCUT2D eigenvalue weighted by molar-refractivity contribution is 5.91. The number of carbonyl (C=O) groups excluding carboxylic acids is 2. The molecule has 0 atom stereocenters. The average Bonchev–Trinajstić information content (AvgIpc) is 3.02. The van der Waals surface area contributed by atoms with Gasteiger partial charge in [0, 0.05) is 18.9 Å². The van der Waals surface area contributed by atoms with Crippen LogP contribution in [0.1, 0.15) is 28.8 Å². The molecule has 0 radical (unpaired) electrons. The molecule has 10 nitrogen and oxygen atoms in total. The highest BCUT2D eigenvalue weighted by atomic mass is 17.2. The van der Waals surface area contributed by atoms with Crippen molar-refractivity contribution in [3.05, 3.63) is 109 Å². The van der Waals surface area contributed by atoms with Crippen molar-refractivity contribution in [3.63, 3.8) is 0 Å². The van der Waals surface area contributed by atoms with E-state index in [4.69, 9.17) is 33.3 Å². The lowest BCUT2D eigenvalue weighted by molar-refractivity contribution is -0.249. The first-order valence-corrected chi connectivity index (χ1v) is 13.4. The number of carbonyl (C=O) groups is 2. The van der Waals surface area contributed by atoms with Gasteiger partial charge in [0.05, 0.1) is 32.0 Å². The van der Waals surface area contributed by atoms with Crippen LogP contribution in [0.15, 0.2) is 98.0 Å². The fourth-order valence-electron chi connectivity index (χ4n) is 3.40. The quantitative estimate of drug-likeness (QED) is 0.0186. The predicted octanol–water partition coefficient (Wildman–Crippen LogP) is 6.14. The molecule has 43 heavy (non-hydrogen) atoms. The Morgan fingerprint density at radius 3 is 2.00 bits per heavy atom. The van der Waals surface area contributed by atoms with Crippen molar-refractivity contribution in [1.29, 1.82) is 0 Å². The normalized spacial score (nSPS) is 10.1. The van der Waals surface area contributed by atoms with Crippen molar-refractivity contribution < 1.29 is 47.8 Å². The second kappa shape index (κ2) is 18.3. The van der Waals surface area contributed by atoms with Crippen LogP contribution >= 0.6 is 0 Å². The van der Waals surface area contributed by atoms with Crippen LogP contribution in [0.4, 0.5) is 0 Å². The molecule has 3 aromatic carbocycles. The number of aryl methyl sites for hydroxylation is 1. The van der Waals surface area contributed by atoms with Crippen LogP contribution in [-0.2, 0) is 19.3 Å². The minimum absolute atomic E-state index is 0.00887. The molecule has 0 aliphatic rings. The van der Waals surface area contributed by atoms with Crippen LogP contribution in [0, 0.1) is 6.92 Å². The lowest BCUT2D eigenvalue weighted by Gasteiger charge is -2.12. The third-order valence-corrected chi connectivity index (χ3v) is 5.52. The largest absolute Gasteiger partial charge is 0.494 e. The molecule has 0 N–H and O–H groups in total. The van der Waals surface area contributed by atoms with Crippen molar-refractivity contribution in [3.8, 4) is 28.7 Å². The molecule has 0 bridgehead atoms. The van der Waals surface area contributed by atoms with Gasteiger partial charge >= 0.3 is 11.9 Å². The van der Waals surface area contributed by atoms with Crippen molar-refractivity contribution in [2.75, 3.05) is 33.2 Å². The Kier molecular flexibility index (Phi) is 13.8. The highest BCUT2D eigenvalue weighted by Crippen LogP contribution is 2.25. The Morgan fingerprint density at radius 1 is 0.767 bits per heavy atom. The van der Waals surface area contributed by atoms with Gasteiger partial charge < -0.3 is 33.3 Å². The minimum atomic E-state index is -0.505. The van der Waals surface area contributed by atoms with Crippen LogP contribution in [0.25, 0.3) is 0 Å². The van der Waals surface area contributed by atoms with Gasteiger partial charge in [0.25, 0.3) is 0 Å². The lowest BCUT2D eigenvalue weighted by atomic mass is 10.2. The van der Waals surface area contributed by atoms with Crippen molar-refractivity contribution in [2.24, 2.45) is 0 Å². The summed E-state index contributed by atoms with van der Waals surface area (Å²) in [7, 11) is 0. The molecule has 10 heteroatoms. The van der Waals surface area contributed by atoms with Crippen LogP contribution < -0.4 is 23.7 Å². The van der Waals surface area contributed by atoms with Gasteiger partial charge in [0.15, 0.2) is 6.26 Å². The van der Waals surface area contributed by atoms with E-state index in [1.54, 1.807) is 66.7 Å². The van der Waals surface area contributed by atoms with E-state index in [-0.39, 0.29) is 13.4 Å². The fourth-order valence-corrected chi connectivity index (χ4v) is 3.40. The molecular weight excluding hydrogens is 556 g/mol. The molecule has 0 aromatic heterocycles. The molecule has 0 unspecified atom stereocenters. The zero-order valence-corrected chi connectivity index (χ0v) is 24.0. The molecule has 226 valence electrons. The highest BCUT2D eigenvalue weighted by Gasteiger charge is 2.11. The monoisotopic (exact) mass is 590 g/mol. The van der Waals surface area contributed by atoms with Gasteiger partial charge in [-0.1, -0.05) is 18.9 Å². The van der Waals surface area contributed by atoms with Gasteiger partial charge in [-0.3, -0.25) is 0 Å². The van der Waals surface area contributed by atoms with Crippen LogP contribution in [0.3, 0.4) is 0 Å². The Bertz CT molecular complexity index is 1360. The summed E-state index contributed by atoms with van der Waals surface area (Å²) in [5, 5.41) is 0. The van der Waals surface area contributed by atoms with Crippen LogP contribution in [0.5, 0.6) is 28.7 Å². The van der Waals surface area contributed by atoms with E-state index >= 15 is 0 Å². The standard InChI is InChI=1S/C33H34O10/c1-4-18-41-42-22-7-20-37-28-12-14-29(15-13-28)39-24-40-31-17-16-30(23-25(31)3)43-33(35)26-8-10-27(11-9-26)36-19-6-21-38-32(34)5-2/h5,8-18,23H,1-2,6-7,19-22,24H2,3H3. The summed E-state index contributed by atoms with van der Waals surface area (Å²) >= 11 is 0. The Labute approximate surface area is 250 Å². The van der Waals surface area contributed by atoms with E-state index < -0.39 is 11.9 Å². The molecule has 0 fully saturated rings. The second-order valence-electron chi connectivity index (χ2n) is 8.73. The first-order valence-electron chi connectivity index (χ1n) is 13.4. The maximum absolute atomic E-state index is 12.6. The lowest BCUT2D eigenvalue weighted by Crippen LogP contribution is -2.10. The number of rotatable bonds is 19. The first-order chi connectivity index (χ1) is 21.0. The van der Waals surface area contributed by atoms with E-state index in [1.165, 1.54) is 6.26 Å². The smallest absolute Gasteiger partial charge is 0.343 e. The summed E-state index contributed by atoms with van der Waals surface area (Å²) in [6, 6.07) is 18.8. The molecule has 0 saturated carbocycles. The maximum atomic E-state index is 12.6. The Balaban J connectivity index is 1.36. The molecule has 3 rings (SSSR count). The Hall–Kier alpha value is -5.18. The minimum Gasteiger partial charge on any atom is -0.494 e. The molecule has 0 spiro atoms. The topological polar surface area (TPSA) is 108 Å². The zero-order chi connectivity index (χ0) is 30.7. The summed E-state index contributed by atoms with van der Waals surface area (Å²) in [4.78, 5) is 33.2. The Morgan fingerprint density at radius 2 is 1.37 bits per heavy atom. The predicted molar refractivity (Wildman–Crippen MR) is 157 cm³/mol. The number of benzene rings is 3. The second-order valence-corrected chi connectivity index (χ2v) is 8.73. The summed E-state index contributed by atoms with van der Waals surface area (Å²) in [6.07, 6.45) is 3.52. The number of hydrogen-bond donors (Lipinski definition) is 0. The third-order valence-electron chi connectivity index (χ3n) is 5.52. The van der Waals surface area contributed by atoms with Gasteiger partial charge in [-0.05, 0) is 79.2 Å². The maximum Gasteiger partial charge on any atom is 0.343 e. The third kappa shape index (κ3) is 12.1. The average molecular weight is 591 g/mol. The summed E-state index contributed by atoms with van der Waals surface area (Å²) in [6.45, 7) is 9.97. The van der Waals surface area contributed by atoms with Crippen molar-refractivity contribution in [2.45, 2.75) is 19.8 Å². The van der Waals surface area contributed by atoms with Crippen molar-refractivity contribution in [1.82, 2.24) is 0 Å². The SMILES string of the molecule is C=C=COOCCCOc1ccc(OCOc2ccc(OC(=O)c3ccc(OCCCOC(=O)C=C)cc3)cc2C)cc1. The van der Waals surface area contributed by atoms with Gasteiger partial charge in [0.2, 0.25) is 6.79 Å². The van der Waals surface area contributed by atoms with Gasteiger partial charge in [0.1, 0.15) is 28.7 Å². The van der Waals surface area contributed by atoms with Crippen LogP contribution in [-0.4, -0.2) is 45.2 Å². The number of hydrogen-bond acceptors (Lipinski definition) is 10. The van der Waals surface area contributed by atoms with Gasteiger partial charge in [-0.15, -0.1) is 0 Å². The number of esters is 2. The first kappa shape index (κ1) is 32.3. The summed E-state index contributed by atoms with van der Waals surface area (Å²) < 4.78 is 33.0. The van der Waals surface area contributed by atoms with Gasteiger partial charge in [-0.25, -0.2) is 9.59 Å². The number of ether oxygens (including phenoxy) is 6. The van der Waals surface area contributed by atoms with Crippen LogP contribution in [0.2, 0.25) is 0 Å². The molecule has 0 aliphatic carbocycles. The van der Waals surface area contributed by atoms with E-state index in [9.17, 15) is 9.59 Å². The molecule has 0 amide bonds. The molecule has 0 saturated heterocycles. The van der Waals surface area contributed by atoms with E-state index in [0.717, 1.165) is 11.6 Å². The zero-order valence-electron chi connectivity index (χ0n) is 24.0. The fraction of sp³-hybridized carbons (Fsp3) is 0.242. The molecule has 3 aromatic rings.